The predicted molar refractivity (Wildman–Crippen MR) is 66.1 cm³/mol. The van der Waals surface area contributed by atoms with Gasteiger partial charge in [-0.15, -0.1) is 11.3 Å². The molecule has 18 heavy (non-hydrogen) atoms. The van der Waals surface area contributed by atoms with Gasteiger partial charge in [-0.3, -0.25) is 0 Å². The molecule has 0 saturated heterocycles. The van der Waals surface area contributed by atoms with Gasteiger partial charge in [0.2, 0.25) is 0 Å². The summed E-state index contributed by atoms with van der Waals surface area (Å²) in [5.41, 5.74) is 0.753. The first-order valence-corrected chi connectivity index (χ1v) is 6.34. The van der Waals surface area contributed by atoms with Crippen molar-refractivity contribution in [1.29, 1.82) is 5.26 Å². The maximum atomic E-state index is 13.6. The molecule has 0 fully saturated rings. The van der Waals surface area contributed by atoms with Crippen molar-refractivity contribution in [2.24, 2.45) is 0 Å². The molecular formula is C13H10F2N2S. The lowest BCUT2D eigenvalue weighted by Crippen LogP contribution is -1.94. The minimum absolute atomic E-state index is 0.138. The van der Waals surface area contributed by atoms with Crippen LogP contribution < -0.4 is 0 Å². The quantitative estimate of drug-likeness (QED) is 0.836. The first kappa shape index (κ1) is 12.7. The standard InChI is InChI=1S/C13H10F2N2S/c1-2-8(6-16)12-7-18-13(17-12)10-5-9(14)3-4-11(10)15/h3-5,7-8H,2H2,1H3. The fourth-order valence-electron chi connectivity index (χ4n) is 1.60. The molecule has 0 amide bonds. The molecule has 1 heterocycles. The summed E-state index contributed by atoms with van der Waals surface area (Å²) in [5.74, 6) is -1.32. The van der Waals surface area contributed by atoms with Gasteiger partial charge in [-0.1, -0.05) is 6.92 Å². The zero-order chi connectivity index (χ0) is 13.1. The van der Waals surface area contributed by atoms with E-state index in [1.807, 2.05) is 6.92 Å². The Morgan fingerprint density at radius 3 is 2.89 bits per heavy atom. The van der Waals surface area contributed by atoms with Crippen LogP contribution in [0.25, 0.3) is 10.6 Å². The van der Waals surface area contributed by atoms with Gasteiger partial charge >= 0.3 is 0 Å². The van der Waals surface area contributed by atoms with Crippen LogP contribution in [0.5, 0.6) is 0 Å². The average molecular weight is 264 g/mol. The molecule has 2 rings (SSSR count). The Hall–Kier alpha value is -1.80. The Morgan fingerprint density at radius 2 is 2.22 bits per heavy atom. The summed E-state index contributed by atoms with van der Waals surface area (Å²) in [4.78, 5) is 4.21. The summed E-state index contributed by atoms with van der Waals surface area (Å²) < 4.78 is 26.7. The Morgan fingerprint density at radius 1 is 1.44 bits per heavy atom. The molecular weight excluding hydrogens is 254 g/mol. The second kappa shape index (κ2) is 5.23. The van der Waals surface area contributed by atoms with Crippen LogP contribution >= 0.6 is 11.3 Å². The largest absolute Gasteiger partial charge is 0.240 e. The maximum absolute atomic E-state index is 13.6. The van der Waals surface area contributed by atoms with Crippen molar-refractivity contribution in [1.82, 2.24) is 4.98 Å². The molecule has 1 aromatic heterocycles. The number of hydrogen-bond donors (Lipinski definition) is 0. The van der Waals surface area contributed by atoms with Gasteiger partial charge in [-0.25, -0.2) is 13.8 Å². The Kier molecular flexibility index (Phi) is 3.68. The van der Waals surface area contributed by atoms with Crippen LogP contribution in [-0.4, -0.2) is 4.98 Å². The van der Waals surface area contributed by atoms with E-state index in [0.717, 1.165) is 18.2 Å². The number of thiazole rings is 1. The van der Waals surface area contributed by atoms with Crippen LogP contribution in [0.1, 0.15) is 25.0 Å². The highest BCUT2D eigenvalue weighted by Gasteiger charge is 2.15. The van der Waals surface area contributed by atoms with Crippen molar-refractivity contribution >= 4 is 11.3 Å². The first-order chi connectivity index (χ1) is 8.65. The van der Waals surface area contributed by atoms with Crippen molar-refractivity contribution in [2.45, 2.75) is 19.3 Å². The number of rotatable bonds is 3. The maximum Gasteiger partial charge on any atom is 0.133 e. The zero-order valence-electron chi connectivity index (χ0n) is 9.65. The number of nitrogens with zero attached hydrogens (tertiary/aromatic N) is 2. The van der Waals surface area contributed by atoms with Crippen LogP contribution in [0.15, 0.2) is 23.6 Å². The molecule has 1 unspecified atom stereocenters. The third-order valence-corrected chi connectivity index (χ3v) is 3.50. The highest BCUT2D eigenvalue weighted by Crippen LogP contribution is 2.30. The van der Waals surface area contributed by atoms with Gasteiger partial charge in [0, 0.05) is 10.9 Å². The van der Waals surface area contributed by atoms with Crippen molar-refractivity contribution in [3.8, 4) is 16.6 Å². The molecule has 0 saturated carbocycles. The van der Waals surface area contributed by atoms with E-state index in [0.29, 0.717) is 17.1 Å². The minimum atomic E-state index is -0.512. The molecule has 0 bridgehead atoms. The molecule has 1 atom stereocenters. The predicted octanol–water partition coefficient (Wildman–Crippen LogP) is 4.11. The molecule has 0 aliphatic heterocycles. The third kappa shape index (κ3) is 2.39. The summed E-state index contributed by atoms with van der Waals surface area (Å²) in [5, 5.41) is 11.1. The van der Waals surface area contributed by atoms with Gasteiger partial charge in [0.25, 0.3) is 0 Å². The topological polar surface area (TPSA) is 36.7 Å². The van der Waals surface area contributed by atoms with Crippen LogP contribution in [-0.2, 0) is 0 Å². The van der Waals surface area contributed by atoms with E-state index in [9.17, 15) is 8.78 Å². The van der Waals surface area contributed by atoms with Crippen LogP contribution in [0.4, 0.5) is 8.78 Å². The Balaban J connectivity index is 2.41. The summed E-state index contributed by atoms with van der Waals surface area (Å²) in [6.45, 7) is 1.88. The van der Waals surface area contributed by atoms with E-state index in [1.54, 1.807) is 5.38 Å². The van der Waals surface area contributed by atoms with E-state index in [1.165, 1.54) is 11.3 Å². The number of nitriles is 1. The van der Waals surface area contributed by atoms with Crippen molar-refractivity contribution < 1.29 is 8.78 Å². The lowest BCUT2D eigenvalue weighted by molar-refractivity contribution is 0.603. The van der Waals surface area contributed by atoms with Crippen LogP contribution in [0.2, 0.25) is 0 Å². The van der Waals surface area contributed by atoms with Gasteiger partial charge < -0.3 is 0 Å². The van der Waals surface area contributed by atoms with Gasteiger partial charge in [-0.2, -0.15) is 5.26 Å². The monoisotopic (exact) mass is 264 g/mol. The van der Waals surface area contributed by atoms with Gasteiger partial charge in [0.1, 0.15) is 16.6 Å². The van der Waals surface area contributed by atoms with Crippen molar-refractivity contribution in [2.75, 3.05) is 0 Å². The fourth-order valence-corrected chi connectivity index (χ4v) is 2.49. The van der Waals surface area contributed by atoms with Gasteiger partial charge in [0.05, 0.1) is 17.7 Å². The Labute approximate surface area is 108 Å². The number of benzene rings is 1. The summed E-state index contributed by atoms with van der Waals surface area (Å²) in [7, 11) is 0. The molecule has 2 nitrogen and oxygen atoms in total. The van der Waals surface area contributed by atoms with E-state index in [-0.39, 0.29) is 11.5 Å². The van der Waals surface area contributed by atoms with E-state index < -0.39 is 11.6 Å². The van der Waals surface area contributed by atoms with Crippen molar-refractivity contribution in [3.05, 3.63) is 40.9 Å². The second-order valence-corrected chi connectivity index (χ2v) is 4.65. The molecule has 2 aromatic rings. The van der Waals surface area contributed by atoms with Crippen LogP contribution in [0.3, 0.4) is 0 Å². The molecule has 1 aromatic carbocycles. The highest BCUT2D eigenvalue weighted by molar-refractivity contribution is 7.13. The molecule has 0 aliphatic rings. The fraction of sp³-hybridized carbons (Fsp3) is 0.231. The normalized spacial score (nSPS) is 12.1. The van der Waals surface area contributed by atoms with E-state index in [2.05, 4.69) is 11.1 Å². The number of aromatic nitrogens is 1. The minimum Gasteiger partial charge on any atom is -0.240 e. The molecule has 0 N–H and O–H groups in total. The molecule has 0 radical (unpaired) electrons. The SMILES string of the molecule is CCC(C#N)c1csc(-c2cc(F)ccc2F)n1. The zero-order valence-corrected chi connectivity index (χ0v) is 10.5. The first-order valence-electron chi connectivity index (χ1n) is 5.46. The molecule has 5 heteroatoms. The van der Waals surface area contributed by atoms with Crippen molar-refractivity contribution in [3.63, 3.8) is 0 Å². The van der Waals surface area contributed by atoms with E-state index in [4.69, 9.17) is 5.26 Å². The smallest absolute Gasteiger partial charge is 0.133 e. The lowest BCUT2D eigenvalue weighted by atomic mass is 10.1. The summed E-state index contributed by atoms with van der Waals surface area (Å²) >= 11 is 1.22. The highest BCUT2D eigenvalue weighted by atomic mass is 32.1. The molecule has 92 valence electrons. The summed E-state index contributed by atoms with van der Waals surface area (Å²) in [6, 6.07) is 5.40. The average Bonchev–Trinajstić information content (AvgIpc) is 2.83. The second-order valence-electron chi connectivity index (χ2n) is 3.79. The number of hydrogen-bond acceptors (Lipinski definition) is 3. The van der Waals surface area contributed by atoms with Gasteiger partial charge in [0.15, 0.2) is 0 Å². The summed E-state index contributed by atoms with van der Waals surface area (Å²) in [6.07, 6.45) is 0.644. The molecule has 0 aliphatic carbocycles. The van der Waals surface area contributed by atoms with Crippen LogP contribution in [0, 0.1) is 23.0 Å². The third-order valence-electron chi connectivity index (χ3n) is 2.60. The van der Waals surface area contributed by atoms with E-state index >= 15 is 0 Å². The lowest BCUT2D eigenvalue weighted by Gasteiger charge is -2.01. The van der Waals surface area contributed by atoms with Gasteiger partial charge in [-0.05, 0) is 24.6 Å². The Bertz CT molecular complexity index is 601. The number of halogens is 2. The molecule has 0 spiro atoms.